The molecule has 0 saturated carbocycles. The molecule has 4 aromatic rings. The standard InChI is InChI=1S/C30H33N5O/c1-34-15-5-8-24(34)19-36-30-32-28-16-21(26-10-4-7-20-6-2-3-9-25(20)26)11-14-27(28)29(33-30)35-17-22-12-13-23(18-35)31-22/h2-4,6-7,9-11,14,16,22-24,31H,5,8,12-13,15,17-19H2,1H3/t22-,23+,24-/m0/s1. The highest BCUT2D eigenvalue weighted by Crippen LogP contribution is 2.35. The molecule has 0 unspecified atom stereocenters. The van der Waals surface area contributed by atoms with Crippen LogP contribution < -0.4 is 15.0 Å². The Morgan fingerprint density at radius 1 is 0.917 bits per heavy atom. The zero-order chi connectivity index (χ0) is 24.1. The number of nitrogens with zero attached hydrogens (tertiary/aromatic N) is 4. The van der Waals surface area contributed by atoms with E-state index in [-0.39, 0.29) is 0 Å². The number of ether oxygens (including phenoxy) is 1. The smallest absolute Gasteiger partial charge is 0.319 e. The molecule has 1 N–H and O–H groups in total. The zero-order valence-corrected chi connectivity index (χ0v) is 20.9. The van der Waals surface area contributed by atoms with Crippen molar-refractivity contribution in [3.63, 3.8) is 0 Å². The topological polar surface area (TPSA) is 53.5 Å². The second-order valence-electron chi connectivity index (χ2n) is 10.7. The van der Waals surface area contributed by atoms with E-state index in [1.54, 1.807) is 0 Å². The molecule has 0 aliphatic carbocycles. The molecule has 6 nitrogen and oxygen atoms in total. The summed E-state index contributed by atoms with van der Waals surface area (Å²) in [5.41, 5.74) is 3.35. The van der Waals surface area contributed by atoms with Gasteiger partial charge >= 0.3 is 6.01 Å². The number of rotatable bonds is 5. The molecule has 2 bridgehead atoms. The highest BCUT2D eigenvalue weighted by Gasteiger charge is 2.33. The maximum atomic E-state index is 6.28. The molecule has 6 heteroatoms. The minimum Gasteiger partial charge on any atom is -0.462 e. The average Bonchev–Trinajstić information content (AvgIpc) is 3.49. The first-order chi connectivity index (χ1) is 17.7. The fraction of sp³-hybridized carbons (Fsp3) is 0.400. The van der Waals surface area contributed by atoms with E-state index < -0.39 is 0 Å². The summed E-state index contributed by atoms with van der Waals surface area (Å²) in [5, 5.41) is 7.35. The number of hydrogen-bond donors (Lipinski definition) is 1. The maximum absolute atomic E-state index is 6.28. The Hall–Kier alpha value is -3.22. The van der Waals surface area contributed by atoms with Gasteiger partial charge in [0.2, 0.25) is 0 Å². The number of likely N-dealkylation sites (tertiary alicyclic amines) is 1. The van der Waals surface area contributed by atoms with E-state index in [0.29, 0.717) is 30.7 Å². The van der Waals surface area contributed by atoms with Gasteiger partial charge in [-0.3, -0.25) is 0 Å². The quantitative estimate of drug-likeness (QED) is 0.441. The molecular formula is C30H33N5O. The van der Waals surface area contributed by atoms with Gasteiger partial charge in [-0.05, 0) is 73.3 Å². The number of likely N-dealkylation sites (N-methyl/N-ethyl adjacent to an activating group) is 1. The van der Waals surface area contributed by atoms with Crippen LogP contribution in [0.15, 0.2) is 60.7 Å². The molecule has 3 atom stereocenters. The normalized spacial score (nSPS) is 24.1. The van der Waals surface area contributed by atoms with E-state index in [0.717, 1.165) is 36.4 Å². The molecule has 184 valence electrons. The monoisotopic (exact) mass is 479 g/mol. The van der Waals surface area contributed by atoms with Gasteiger partial charge in [0.25, 0.3) is 0 Å². The van der Waals surface area contributed by atoms with Crippen molar-refractivity contribution in [3.05, 3.63) is 60.7 Å². The van der Waals surface area contributed by atoms with E-state index in [4.69, 9.17) is 14.7 Å². The van der Waals surface area contributed by atoms with E-state index in [1.807, 2.05) is 0 Å². The van der Waals surface area contributed by atoms with E-state index in [2.05, 4.69) is 82.8 Å². The summed E-state index contributed by atoms with van der Waals surface area (Å²) in [6.07, 6.45) is 4.88. The first-order valence-electron chi connectivity index (χ1n) is 13.4. The van der Waals surface area contributed by atoms with Gasteiger partial charge in [0.1, 0.15) is 12.4 Å². The summed E-state index contributed by atoms with van der Waals surface area (Å²) in [7, 11) is 2.18. The first kappa shape index (κ1) is 22.0. The second-order valence-corrected chi connectivity index (χ2v) is 10.7. The lowest BCUT2D eigenvalue weighted by atomic mass is 9.97. The number of benzene rings is 3. The molecule has 0 radical (unpaired) electrons. The predicted octanol–water partition coefficient (Wildman–Crippen LogP) is 4.86. The van der Waals surface area contributed by atoms with Gasteiger partial charge in [-0.1, -0.05) is 48.5 Å². The Morgan fingerprint density at radius 2 is 1.75 bits per heavy atom. The molecule has 36 heavy (non-hydrogen) atoms. The molecule has 4 heterocycles. The van der Waals surface area contributed by atoms with Crippen LogP contribution >= 0.6 is 0 Å². The first-order valence-corrected chi connectivity index (χ1v) is 13.4. The Balaban J connectivity index is 1.30. The fourth-order valence-corrected chi connectivity index (χ4v) is 6.37. The van der Waals surface area contributed by atoms with Gasteiger partial charge < -0.3 is 19.9 Å². The molecule has 0 spiro atoms. The van der Waals surface area contributed by atoms with Gasteiger partial charge in [0, 0.05) is 36.6 Å². The van der Waals surface area contributed by atoms with E-state index >= 15 is 0 Å². The van der Waals surface area contributed by atoms with Crippen LogP contribution in [0.25, 0.3) is 32.8 Å². The van der Waals surface area contributed by atoms with Crippen molar-refractivity contribution in [2.24, 2.45) is 0 Å². The van der Waals surface area contributed by atoms with Crippen LogP contribution in [0.4, 0.5) is 5.82 Å². The number of anilines is 1. The Kier molecular flexibility index (Phi) is 5.51. The van der Waals surface area contributed by atoms with Gasteiger partial charge in [0.15, 0.2) is 0 Å². The lowest BCUT2D eigenvalue weighted by Crippen LogP contribution is -2.51. The summed E-state index contributed by atoms with van der Waals surface area (Å²) in [4.78, 5) is 14.8. The molecule has 0 amide bonds. The molecular weight excluding hydrogens is 446 g/mol. The van der Waals surface area contributed by atoms with Crippen molar-refractivity contribution >= 4 is 27.5 Å². The number of nitrogens with one attached hydrogen (secondary N) is 1. The fourth-order valence-electron chi connectivity index (χ4n) is 6.37. The van der Waals surface area contributed by atoms with Crippen LogP contribution in [0.5, 0.6) is 6.01 Å². The van der Waals surface area contributed by atoms with Crippen LogP contribution in [0.3, 0.4) is 0 Å². The Bertz CT molecular complexity index is 1400. The number of piperazine rings is 1. The molecule has 3 aliphatic rings. The van der Waals surface area contributed by atoms with Gasteiger partial charge in [-0.2, -0.15) is 9.97 Å². The Morgan fingerprint density at radius 3 is 2.58 bits per heavy atom. The lowest BCUT2D eigenvalue weighted by Gasteiger charge is -2.34. The SMILES string of the molecule is CN1CCC[C@H]1COc1nc(N2C[C@H]3CC[C@@H](C2)N3)c2ccc(-c3cccc4ccccc34)cc2n1. The summed E-state index contributed by atoms with van der Waals surface area (Å²) < 4.78 is 6.28. The highest BCUT2D eigenvalue weighted by molar-refractivity contribution is 6.00. The van der Waals surface area contributed by atoms with Crippen molar-refractivity contribution in [1.29, 1.82) is 0 Å². The van der Waals surface area contributed by atoms with Gasteiger partial charge in [-0.25, -0.2) is 0 Å². The molecule has 3 saturated heterocycles. The van der Waals surface area contributed by atoms with Crippen LogP contribution in [0, 0.1) is 0 Å². The molecule has 7 rings (SSSR count). The van der Waals surface area contributed by atoms with E-state index in [1.165, 1.54) is 47.6 Å². The highest BCUT2D eigenvalue weighted by atomic mass is 16.5. The van der Waals surface area contributed by atoms with Crippen LogP contribution in [0.1, 0.15) is 25.7 Å². The minimum atomic E-state index is 0.435. The number of fused-ring (bicyclic) bond motifs is 4. The van der Waals surface area contributed by atoms with Crippen LogP contribution in [-0.2, 0) is 0 Å². The largest absolute Gasteiger partial charge is 0.462 e. The summed E-state index contributed by atoms with van der Waals surface area (Å²) in [6.45, 7) is 3.74. The van der Waals surface area contributed by atoms with Crippen molar-refractivity contribution < 1.29 is 4.74 Å². The molecule has 1 aromatic heterocycles. The third-order valence-corrected chi connectivity index (χ3v) is 8.35. The molecule has 3 aromatic carbocycles. The Labute approximate surface area is 212 Å². The third-order valence-electron chi connectivity index (χ3n) is 8.35. The number of hydrogen-bond acceptors (Lipinski definition) is 6. The minimum absolute atomic E-state index is 0.435. The van der Waals surface area contributed by atoms with Crippen molar-refractivity contribution in [2.45, 2.75) is 43.8 Å². The summed E-state index contributed by atoms with van der Waals surface area (Å²) in [6, 6.07) is 23.7. The van der Waals surface area contributed by atoms with Crippen molar-refractivity contribution in [3.8, 4) is 17.1 Å². The van der Waals surface area contributed by atoms with Gasteiger partial charge in [-0.15, -0.1) is 0 Å². The lowest BCUT2D eigenvalue weighted by molar-refractivity contribution is 0.188. The molecule has 3 fully saturated rings. The summed E-state index contributed by atoms with van der Waals surface area (Å²) >= 11 is 0. The predicted molar refractivity (Wildman–Crippen MR) is 146 cm³/mol. The third kappa shape index (κ3) is 3.98. The zero-order valence-electron chi connectivity index (χ0n) is 20.9. The van der Waals surface area contributed by atoms with Crippen molar-refractivity contribution in [2.75, 3.05) is 38.2 Å². The van der Waals surface area contributed by atoms with Gasteiger partial charge in [0.05, 0.1) is 5.52 Å². The van der Waals surface area contributed by atoms with Crippen LogP contribution in [-0.4, -0.2) is 66.3 Å². The number of aromatic nitrogens is 2. The summed E-state index contributed by atoms with van der Waals surface area (Å²) in [5.74, 6) is 1.01. The second kappa shape index (κ2) is 9.02. The maximum Gasteiger partial charge on any atom is 0.319 e. The van der Waals surface area contributed by atoms with Crippen molar-refractivity contribution in [1.82, 2.24) is 20.2 Å². The average molecular weight is 480 g/mol. The van der Waals surface area contributed by atoms with E-state index in [9.17, 15) is 0 Å². The van der Waals surface area contributed by atoms with Crippen LogP contribution in [0.2, 0.25) is 0 Å². The molecule has 3 aliphatic heterocycles.